The molecular formula is C17H23NO4. The molecule has 0 N–H and O–H groups in total. The lowest BCUT2D eigenvalue weighted by atomic mass is 9.79. The van der Waals surface area contributed by atoms with Gasteiger partial charge in [-0.05, 0) is 24.8 Å². The lowest BCUT2D eigenvalue weighted by Gasteiger charge is -2.50. The Morgan fingerprint density at radius 3 is 2.45 bits per heavy atom. The number of benzene rings is 1. The van der Waals surface area contributed by atoms with Gasteiger partial charge in [0.15, 0.2) is 0 Å². The van der Waals surface area contributed by atoms with E-state index in [2.05, 4.69) is 21.8 Å². The summed E-state index contributed by atoms with van der Waals surface area (Å²) in [5.41, 5.74) is 0.571. The summed E-state index contributed by atoms with van der Waals surface area (Å²) in [4.78, 5) is 25.7. The molecular weight excluding hydrogens is 282 g/mol. The SMILES string of the molecule is COC(=O)CCCC1(C(=O)OC)CCN1Cc1ccccc1. The van der Waals surface area contributed by atoms with E-state index < -0.39 is 5.54 Å². The third-order valence-electron chi connectivity index (χ3n) is 4.38. The Morgan fingerprint density at radius 2 is 1.91 bits per heavy atom. The number of ether oxygens (including phenoxy) is 2. The van der Waals surface area contributed by atoms with Crippen molar-refractivity contribution in [2.45, 2.75) is 37.8 Å². The maximum atomic E-state index is 12.3. The molecule has 0 bridgehead atoms. The number of carbonyl (C=O) groups excluding carboxylic acids is 2. The largest absolute Gasteiger partial charge is 0.469 e. The lowest BCUT2D eigenvalue weighted by Crippen LogP contribution is -2.64. The fourth-order valence-corrected chi connectivity index (χ4v) is 3.01. The van der Waals surface area contributed by atoms with Crippen molar-refractivity contribution in [3.8, 4) is 0 Å². The smallest absolute Gasteiger partial charge is 0.326 e. The van der Waals surface area contributed by atoms with E-state index >= 15 is 0 Å². The average molecular weight is 305 g/mol. The van der Waals surface area contributed by atoms with Gasteiger partial charge in [-0.25, -0.2) is 0 Å². The summed E-state index contributed by atoms with van der Waals surface area (Å²) in [6, 6.07) is 10.1. The molecule has 2 rings (SSSR count). The number of nitrogens with zero attached hydrogens (tertiary/aromatic N) is 1. The molecule has 120 valence electrons. The lowest BCUT2D eigenvalue weighted by molar-refractivity contribution is -0.168. The molecule has 0 aliphatic carbocycles. The van der Waals surface area contributed by atoms with Crippen molar-refractivity contribution in [3.05, 3.63) is 35.9 Å². The zero-order valence-electron chi connectivity index (χ0n) is 13.2. The van der Waals surface area contributed by atoms with Crippen molar-refractivity contribution in [3.63, 3.8) is 0 Å². The van der Waals surface area contributed by atoms with E-state index in [-0.39, 0.29) is 11.9 Å². The van der Waals surface area contributed by atoms with Crippen LogP contribution in [0, 0.1) is 0 Å². The van der Waals surface area contributed by atoms with Crippen LogP contribution in [0.15, 0.2) is 30.3 Å². The van der Waals surface area contributed by atoms with Gasteiger partial charge in [0.25, 0.3) is 0 Å². The molecule has 5 heteroatoms. The van der Waals surface area contributed by atoms with Crippen molar-refractivity contribution in [2.24, 2.45) is 0 Å². The van der Waals surface area contributed by atoms with Gasteiger partial charge >= 0.3 is 11.9 Å². The predicted octanol–water partition coefficient (Wildman–Crippen LogP) is 2.15. The Hall–Kier alpha value is -1.88. The summed E-state index contributed by atoms with van der Waals surface area (Å²) < 4.78 is 9.67. The van der Waals surface area contributed by atoms with Crippen LogP contribution >= 0.6 is 0 Å². The Bertz CT molecular complexity index is 517. The minimum Gasteiger partial charge on any atom is -0.469 e. The summed E-state index contributed by atoms with van der Waals surface area (Å²) in [5, 5.41) is 0. The zero-order valence-corrected chi connectivity index (χ0v) is 13.2. The molecule has 0 radical (unpaired) electrons. The first-order valence-electron chi connectivity index (χ1n) is 7.56. The highest BCUT2D eigenvalue weighted by molar-refractivity contribution is 5.82. The van der Waals surface area contributed by atoms with Crippen LogP contribution in [0.1, 0.15) is 31.2 Å². The fraction of sp³-hybridized carbons (Fsp3) is 0.529. The average Bonchev–Trinajstić information content (AvgIpc) is 2.55. The second kappa shape index (κ2) is 7.40. The quantitative estimate of drug-likeness (QED) is 0.723. The number of hydrogen-bond acceptors (Lipinski definition) is 5. The van der Waals surface area contributed by atoms with Gasteiger partial charge in [-0.2, -0.15) is 0 Å². The summed E-state index contributed by atoms with van der Waals surface area (Å²) in [7, 11) is 2.80. The molecule has 1 aliphatic heterocycles. The van der Waals surface area contributed by atoms with E-state index in [1.54, 1.807) is 0 Å². The van der Waals surface area contributed by atoms with Crippen LogP contribution in [-0.4, -0.2) is 43.1 Å². The van der Waals surface area contributed by atoms with Gasteiger partial charge < -0.3 is 9.47 Å². The zero-order chi connectivity index (χ0) is 16.0. The topological polar surface area (TPSA) is 55.8 Å². The van der Waals surface area contributed by atoms with Gasteiger partial charge in [0.1, 0.15) is 5.54 Å². The van der Waals surface area contributed by atoms with Crippen molar-refractivity contribution in [1.82, 2.24) is 4.90 Å². The third kappa shape index (κ3) is 3.47. The van der Waals surface area contributed by atoms with E-state index in [0.717, 1.165) is 13.0 Å². The minimum absolute atomic E-state index is 0.209. The van der Waals surface area contributed by atoms with Crippen LogP contribution in [0.2, 0.25) is 0 Å². The Labute approximate surface area is 131 Å². The van der Waals surface area contributed by atoms with Crippen molar-refractivity contribution >= 4 is 11.9 Å². The first kappa shape index (κ1) is 16.5. The maximum absolute atomic E-state index is 12.3. The van der Waals surface area contributed by atoms with Crippen molar-refractivity contribution in [1.29, 1.82) is 0 Å². The first-order chi connectivity index (χ1) is 10.6. The van der Waals surface area contributed by atoms with Crippen LogP contribution in [0.25, 0.3) is 0 Å². The van der Waals surface area contributed by atoms with Crippen molar-refractivity contribution in [2.75, 3.05) is 20.8 Å². The molecule has 0 aromatic heterocycles. The summed E-state index contributed by atoms with van der Waals surface area (Å²) in [5.74, 6) is -0.450. The number of carbonyl (C=O) groups is 2. The molecule has 22 heavy (non-hydrogen) atoms. The summed E-state index contributed by atoms with van der Waals surface area (Å²) in [6.45, 7) is 1.58. The molecule has 1 saturated heterocycles. The van der Waals surface area contributed by atoms with Crippen molar-refractivity contribution < 1.29 is 19.1 Å². The second-order valence-electron chi connectivity index (χ2n) is 5.61. The van der Waals surface area contributed by atoms with E-state index in [1.807, 2.05) is 18.2 Å². The van der Waals surface area contributed by atoms with Gasteiger partial charge in [-0.1, -0.05) is 30.3 Å². The van der Waals surface area contributed by atoms with Gasteiger partial charge in [0.2, 0.25) is 0 Å². The van der Waals surface area contributed by atoms with Crippen LogP contribution in [0.3, 0.4) is 0 Å². The fourth-order valence-electron chi connectivity index (χ4n) is 3.01. The molecule has 1 aromatic carbocycles. The van der Waals surface area contributed by atoms with Crippen LogP contribution in [-0.2, 0) is 25.6 Å². The number of esters is 2. The summed E-state index contributed by atoms with van der Waals surface area (Å²) >= 11 is 0. The van der Waals surface area contributed by atoms with E-state index in [4.69, 9.17) is 4.74 Å². The molecule has 1 heterocycles. The monoisotopic (exact) mass is 305 g/mol. The molecule has 0 amide bonds. The Kier molecular flexibility index (Phi) is 5.55. The van der Waals surface area contributed by atoms with Crippen LogP contribution < -0.4 is 0 Å². The van der Waals surface area contributed by atoms with Crippen LogP contribution in [0.4, 0.5) is 0 Å². The van der Waals surface area contributed by atoms with E-state index in [0.29, 0.717) is 25.8 Å². The Morgan fingerprint density at radius 1 is 1.18 bits per heavy atom. The number of rotatable bonds is 7. The molecule has 0 spiro atoms. The van der Waals surface area contributed by atoms with Gasteiger partial charge in [0, 0.05) is 19.5 Å². The number of likely N-dealkylation sites (tertiary alicyclic amines) is 1. The molecule has 1 fully saturated rings. The highest BCUT2D eigenvalue weighted by Gasteiger charge is 2.51. The molecule has 0 saturated carbocycles. The van der Waals surface area contributed by atoms with Gasteiger partial charge in [-0.15, -0.1) is 0 Å². The second-order valence-corrected chi connectivity index (χ2v) is 5.61. The van der Waals surface area contributed by atoms with E-state index in [9.17, 15) is 9.59 Å². The minimum atomic E-state index is -0.599. The molecule has 1 unspecified atom stereocenters. The normalized spacial score (nSPS) is 21.0. The number of hydrogen-bond donors (Lipinski definition) is 0. The predicted molar refractivity (Wildman–Crippen MR) is 82.1 cm³/mol. The highest BCUT2D eigenvalue weighted by Crippen LogP contribution is 2.38. The van der Waals surface area contributed by atoms with E-state index in [1.165, 1.54) is 19.8 Å². The molecule has 5 nitrogen and oxygen atoms in total. The first-order valence-corrected chi connectivity index (χ1v) is 7.56. The molecule has 1 aliphatic rings. The Balaban J connectivity index is 2.02. The van der Waals surface area contributed by atoms with Gasteiger partial charge in [0.05, 0.1) is 14.2 Å². The van der Waals surface area contributed by atoms with Crippen LogP contribution in [0.5, 0.6) is 0 Å². The molecule has 1 aromatic rings. The standard InChI is InChI=1S/C17H23NO4/c1-21-15(19)9-6-10-17(16(20)22-2)11-12-18(17)13-14-7-4-3-5-8-14/h3-5,7-8H,6,9-13H2,1-2H3. The number of methoxy groups -OCH3 is 2. The third-order valence-corrected chi connectivity index (χ3v) is 4.38. The summed E-state index contributed by atoms with van der Waals surface area (Å²) in [6.07, 6.45) is 2.33. The maximum Gasteiger partial charge on any atom is 0.326 e. The van der Waals surface area contributed by atoms with Gasteiger partial charge in [-0.3, -0.25) is 14.5 Å². The highest BCUT2D eigenvalue weighted by atomic mass is 16.5. The molecule has 1 atom stereocenters.